The molecule has 5 nitrogen and oxygen atoms in total. The maximum atomic E-state index is 12.4. The van der Waals surface area contributed by atoms with Crippen molar-refractivity contribution in [3.8, 4) is 0 Å². The molecule has 5 heteroatoms. The van der Waals surface area contributed by atoms with Crippen LogP contribution in [-0.2, 0) is 0 Å². The molecule has 0 bridgehead atoms. The molecule has 1 saturated heterocycles. The summed E-state index contributed by atoms with van der Waals surface area (Å²) in [6, 6.07) is 9.50. The van der Waals surface area contributed by atoms with Crippen LogP contribution in [0.15, 0.2) is 42.7 Å². The zero-order chi connectivity index (χ0) is 18.5. The van der Waals surface area contributed by atoms with Crippen LogP contribution in [-0.4, -0.2) is 41.3 Å². The number of amides is 2. The first-order valence-corrected chi connectivity index (χ1v) is 9.09. The normalized spacial score (nSPS) is 14.9. The molecule has 26 heavy (non-hydrogen) atoms. The standard InChI is InChI=1S/C21H25N3O2/c1-15-5-6-16(2)19(12-15)20(25)23-13-17-7-10-24(11-8-17)21(26)18-4-3-9-22-14-18/h3-6,9,12,14,17H,7-8,10-11,13H2,1-2H3,(H,23,25). The van der Waals surface area contributed by atoms with Crippen molar-refractivity contribution in [1.29, 1.82) is 0 Å². The van der Waals surface area contributed by atoms with Crippen LogP contribution in [0.2, 0.25) is 0 Å². The summed E-state index contributed by atoms with van der Waals surface area (Å²) in [5.41, 5.74) is 3.45. The topological polar surface area (TPSA) is 62.3 Å². The number of likely N-dealkylation sites (tertiary alicyclic amines) is 1. The van der Waals surface area contributed by atoms with E-state index in [1.165, 1.54) is 0 Å². The van der Waals surface area contributed by atoms with Crippen molar-refractivity contribution in [1.82, 2.24) is 15.2 Å². The fourth-order valence-electron chi connectivity index (χ4n) is 3.32. The number of piperidine rings is 1. The molecule has 1 aliphatic rings. The van der Waals surface area contributed by atoms with Crippen LogP contribution in [0.5, 0.6) is 0 Å². The second kappa shape index (κ2) is 8.13. The third-order valence-corrected chi connectivity index (χ3v) is 5.00. The number of rotatable bonds is 4. The highest BCUT2D eigenvalue weighted by Gasteiger charge is 2.24. The van der Waals surface area contributed by atoms with Gasteiger partial charge in [0.05, 0.1) is 5.56 Å². The average molecular weight is 351 g/mol. The summed E-state index contributed by atoms with van der Waals surface area (Å²) in [6.07, 6.45) is 5.08. The molecule has 1 N–H and O–H groups in total. The number of benzene rings is 1. The van der Waals surface area contributed by atoms with E-state index in [0.717, 1.165) is 42.6 Å². The van der Waals surface area contributed by atoms with Crippen molar-refractivity contribution in [3.05, 3.63) is 65.0 Å². The third-order valence-electron chi connectivity index (χ3n) is 5.00. The summed E-state index contributed by atoms with van der Waals surface area (Å²) in [6.45, 7) is 6.04. The van der Waals surface area contributed by atoms with Crippen molar-refractivity contribution in [2.24, 2.45) is 5.92 Å². The highest BCUT2D eigenvalue weighted by molar-refractivity contribution is 5.96. The van der Waals surface area contributed by atoms with Crippen LogP contribution in [0.25, 0.3) is 0 Å². The first-order chi connectivity index (χ1) is 12.5. The molecule has 0 radical (unpaired) electrons. The van der Waals surface area contributed by atoms with E-state index in [2.05, 4.69) is 10.3 Å². The van der Waals surface area contributed by atoms with Crippen molar-refractivity contribution in [2.45, 2.75) is 26.7 Å². The van der Waals surface area contributed by atoms with Crippen LogP contribution in [0, 0.1) is 19.8 Å². The summed E-state index contributed by atoms with van der Waals surface area (Å²) in [7, 11) is 0. The molecular weight excluding hydrogens is 326 g/mol. The van der Waals surface area contributed by atoms with E-state index in [1.54, 1.807) is 24.5 Å². The number of nitrogens with zero attached hydrogens (tertiary/aromatic N) is 2. The summed E-state index contributed by atoms with van der Waals surface area (Å²) in [5, 5.41) is 3.06. The molecule has 0 spiro atoms. The molecule has 3 rings (SSSR count). The van der Waals surface area contributed by atoms with Gasteiger partial charge in [-0.1, -0.05) is 17.7 Å². The lowest BCUT2D eigenvalue weighted by molar-refractivity contribution is 0.0684. The minimum Gasteiger partial charge on any atom is -0.352 e. The summed E-state index contributed by atoms with van der Waals surface area (Å²) < 4.78 is 0. The molecule has 2 heterocycles. The van der Waals surface area contributed by atoms with Crippen LogP contribution in [0.3, 0.4) is 0 Å². The smallest absolute Gasteiger partial charge is 0.255 e. The Kier molecular flexibility index (Phi) is 5.66. The Labute approximate surface area is 154 Å². The van der Waals surface area contributed by atoms with Gasteiger partial charge < -0.3 is 10.2 Å². The predicted octanol–water partition coefficient (Wildman–Crippen LogP) is 2.98. The van der Waals surface area contributed by atoms with Crippen LogP contribution >= 0.6 is 0 Å². The molecular formula is C21H25N3O2. The van der Waals surface area contributed by atoms with Crippen molar-refractivity contribution < 1.29 is 9.59 Å². The molecule has 1 aliphatic heterocycles. The number of aromatic nitrogens is 1. The Balaban J connectivity index is 1.49. The van der Waals surface area contributed by atoms with Crippen LogP contribution in [0.4, 0.5) is 0 Å². The number of hydrogen-bond donors (Lipinski definition) is 1. The predicted molar refractivity (Wildman–Crippen MR) is 101 cm³/mol. The minimum absolute atomic E-state index is 0.0138. The first kappa shape index (κ1) is 18.1. The van der Waals surface area contributed by atoms with E-state index in [-0.39, 0.29) is 11.8 Å². The van der Waals surface area contributed by atoms with Crippen molar-refractivity contribution >= 4 is 11.8 Å². The molecule has 1 aromatic heterocycles. The van der Waals surface area contributed by atoms with E-state index >= 15 is 0 Å². The number of hydrogen-bond acceptors (Lipinski definition) is 3. The average Bonchev–Trinajstić information content (AvgIpc) is 2.68. The second-order valence-electron chi connectivity index (χ2n) is 7.01. The van der Waals surface area contributed by atoms with Gasteiger partial charge in [-0.15, -0.1) is 0 Å². The maximum absolute atomic E-state index is 12.4. The molecule has 1 fully saturated rings. The Morgan fingerprint density at radius 1 is 1.19 bits per heavy atom. The van der Waals surface area contributed by atoms with Crippen LogP contribution < -0.4 is 5.32 Å². The number of aryl methyl sites for hydroxylation is 2. The Morgan fingerprint density at radius 2 is 1.96 bits per heavy atom. The molecule has 0 atom stereocenters. The monoisotopic (exact) mass is 351 g/mol. The highest BCUT2D eigenvalue weighted by atomic mass is 16.2. The quantitative estimate of drug-likeness (QED) is 0.921. The Bertz CT molecular complexity index is 781. The van der Waals surface area contributed by atoms with Gasteiger partial charge in [0.1, 0.15) is 0 Å². The molecule has 136 valence electrons. The van der Waals surface area contributed by atoms with Gasteiger partial charge in [-0.2, -0.15) is 0 Å². The van der Waals surface area contributed by atoms with Crippen LogP contribution in [0.1, 0.15) is 44.7 Å². The van der Waals surface area contributed by atoms with Gasteiger partial charge >= 0.3 is 0 Å². The van der Waals surface area contributed by atoms with Gasteiger partial charge in [0.2, 0.25) is 0 Å². The molecule has 1 aromatic carbocycles. The lowest BCUT2D eigenvalue weighted by Crippen LogP contribution is -2.41. The molecule has 0 aliphatic carbocycles. The maximum Gasteiger partial charge on any atom is 0.255 e. The van der Waals surface area contributed by atoms with Gasteiger partial charge in [-0.3, -0.25) is 14.6 Å². The van der Waals surface area contributed by atoms with E-state index < -0.39 is 0 Å². The zero-order valence-electron chi connectivity index (χ0n) is 15.4. The Morgan fingerprint density at radius 3 is 2.65 bits per heavy atom. The fraction of sp³-hybridized carbons (Fsp3) is 0.381. The number of pyridine rings is 1. The van der Waals surface area contributed by atoms with Gasteiger partial charge in [-0.25, -0.2) is 0 Å². The second-order valence-corrected chi connectivity index (χ2v) is 7.01. The summed E-state index contributed by atoms with van der Waals surface area (Å²) in [4.78, 5) is 30.8. The number of nitrogens with one attached hydrogen (secondary N) is 1. The molecule has 2 aromatic rings. The lowest BCUT2D eigenvalue weighted by atomic mass is 9.96. The number of carbonyl (C=O) groups excluding carboxylic acids is 2. The highest BCUT2D eigenvalue weighted by Crippen LogP contribution is 2.19. The van der Waals surface area contributed by atoms with Gasteiger partial charge in [-0.05, 0) is 56.4 Å². The SMILES string of the molecule is Cc1ccc(C)c(C(=O)NCC2CCN(C(=O)c3cccnc3)CC2)c1. The van der Waals surface area contributed by atoms with E-state index in [4.69, 9.17) is 0 Å². The summed E-state index contributed by atoms with van der Waals surface area (Å²) >= 11 is 0. The fourth-order valence-corrected chi connectivity index (χ4v) is 3.32. The number of carbonyl (C=O) groups is 2. The van der Waals surface area contributed by atoms with Crippen molar-refractivity contribution in [3.63, 3.8) is 0 Å². The Hall–Kier alpha value is -2.69. The molecule has 0 saturated carbocycles. The van der Waals surface area contributed by atoms with E-state index in [0.29, 0.717) is 18.0 Å². The van der Waals surface area contributed by atoms with Gasteiger partial charge in [0.15, 0.2) is 0 Å². The third kappa shape index (κ3) is 4.28. The molecule has 0 unspecified atom stereocenters. The molecule has 2 amide bonds. The minimum atomic E-state index is -0.0138. The van der Waals surface area contributed by atoms with E-state index in [9.17, 15) is 9.59 Å². The van der Waals surface area contributed by atoms with E-state index in [1.807, 2.05) is 36.9 Å². The lowest BCUT2D eigenvalue weighted by Gasteiger charge is -2.32. The first-order valence-electron chi connectivity index (χ1n) is 9.09. The summed E-state index contributed by atoms with van der Waals surface area (Å²) in [5.74, 6) is 0.429. The largest absolute Gasteiger partial charge is 0.352 e. The van der Waals surface area contributed by atoms with Gasteiger partial charge in [0.25, 0.3) is 11.8 Å². The van der Waals surface area contributed by atoms with Gasteiger partial charge in [0, 0.05) is 37.6 Å². The zero-order valence-corrected chi connectivity index (χ0v) is 15.4. The van der Waals surface area contributed by atoms with Crippen molar-refractivity contribution in [2.75, 3.05) is 19.6 Å².